The molecule has 0 spiro atoms. The van der Waals surface area contributed by atoms with Gasteiger partial charge in [-0.25, -0.2) is 0 Å². The molecule has 174 valence electrons. The quantitative estimate of drug-likeness (QED) is 0.520. The molecule has 1 aliphatic carbocycles. The van der Waals surface area contributed by atoms with Gasteiger partial charge >= 0.3 is 6.18 Å². The van der Waals surface area contributed by atoms with Crippen LogP contribution in [0.15, 0.2) is 35.9 Å². The van der Waals surface area contributed by atoms with Gasteiger partial charge in [-0.1, -0.05) is 25.1 Å². The minimum atomic E-state index is -4.85. The zero-order valence-corrected chi connectivity index (χ0v) is 17.1. The number of hydrogen-bond donors (Lipinski definition) is 3. The number of carbonyl (C=O) groups is 3. The summed E-state index contributed by atoms with van der Waals surface area (Å²) in [6.45, 7) is -0.927. The van der Waals surface area contributed by atoms with Crippen LogP contribution in [0.5, 0.6) is 5.75 Å². The Bertz CT molecular complexity index is 932. The highest BCUT2D eigenvalue weighted by molar-refractivity contribution is 6.36. The normalized spacial score (nSPS) is 24.0. The van der Waals surface area contributed by atoms with E-state index in [4.69, 9.17) is 9.84 Å². The number of hydrogen-bond acceptors (Lipinski definition) is 6. The summed E-state index contributed by atoms with van der Waals surface area (Å²) >= 11 is 0. The number of carbonyl (C=O) groups excluding carboxylic acids is 3. The maximum atomic E-state index is 13.3. The number of aliphatic hydroxyl groups is 2. The van der Waals surface area contributed by atoms with Gasteiger partial charge in [-0.15, -0.1) is 0 Å². The second-order valence-electron chi connectivity index (χ2n) is 7.51. The lowest BCUT2D eigenvalue weighted by molar-refractivity contribution is -0.172. The molecule has 1 heterocycles. The molecule has 4 atom stereocenters. The first-order valence-corrected chi connectivity index (χ1v) is 10.0. The Hall–Kier alpha value is -2.92. The van der Waals surface area contributed by atoms with Crippen molar-refractivity contribution in [1.29, 1.82) is 0 Å². The number of alkyl halides is 3. The molecular weight excluding hydrogens is 433 g/mol. The summed E-state index contributed by atoms with van der Waals surface area (Å²) in [7, 11) is 0. The Kier molecular flexibility index (Phi) is 6.89. The van der Waals surface area contributed by atoms with Gasteiger partial charge in [-0.3, -0.25) is 14.4 Å². The lowest BCUT2D eigenvalue weighted by Gasteiger charge is -2.40. The van der Waals surface area contributed by atoms with Crippen molar-refractivity contribution in [2.45, 2.75) is 43.7 Å². The average molecular weight is 456 g/mol. The molecule has 2 amide bonds. The number of para-hydroxylation sites is 1. The lowest BCUT2D eigenvalue weighted by atomic mass is 9.77. The molecule has 0 unspecified atom stereocenters. The van der Waals surface area contributed by atoms with Crippen molar-refractivity contribution < 1.29 is 42.5 Å². The van der Waals surface area contributed by atoms with Crippen molar-refractivity contribution in [3.05, 3.63) is 41.5 Å². The zero-order valence-electron chi connectivity index (χ0n) is 17.1. The first kappa shape index (κ1) is 23.7. The summed E-state index contributed by atoms with van der Waals surface area (Å²) in [5.74, 6) is -3.61. The molecule has 0 bridgehead atoms. The standard InChI is InChI=1S/C21H23F3N2O6/c1-2-14(28)20(31)26(10-21(22,23)24)13-9-12(19(30)25-7-8-27)16-11-5-3-4-6-15(11)32-18(16)17(13)29/h3-6,9,13,16-18,27,29H,2,7-8,10H2,1H3,(H,25,30)/t13-,16+,17+,18+/m1/s1. The van der Waals surface area contributed by atoms with Crippen molar-refractivity contribution in [3.63, 3.8) is 0 Å². The van der Waals surface area contributed by atoms with Crippen LogP contribution in [0.4, 0.5) is 13.2 Å². The number of nitrogens with one attached hydrogen (secondary N) is 1. The minimum Gasteiger partial charge on any atom is -0.486 e. The Morgan fingerprint density at radius 2 is 1.91 bits per heavy atom. The highest BCUT2D eigenvalue weighted by Gasteiger charge is 2.52. The molecule has 0 radical (unpaired) electrons. The van der Waals surface area contributed by atoms with Gasteiger partial charge in [0.25, 0.3) is 5.91 Å². The third-order valence-electron chi connectivity index (χ3n) is 5.41. The number of fused-ring (bicyclic) bond motifs is 3. The van der Waals surface area contributed by atoms with Crippen molar-refractivity contribution in [3.8, 4) is 5.75 Å². The number of Topliss-reactive ketones (excluding diaryl/α,β-unsaturated/α-hetero) is 1. The van der Waals surface area contributed by atoms with Crippen LogP contribution in [0.1, 0.15) is 24.8 Å². The third-order valence-corrected chi connectivity index (χ3v) is 5.41. The number of amides is 2. The Labute approximate surface area is 181 Å². The molecule has 11 heteroatoms. The van der Waals surface area contributed by atoms with Crippen LogP contribution in [-0.2, 0) is 14.4 Å². The van der Waals surface area contributed by atoms with Crippen molar-refractivity contribution >= 4 is 17.6 Å². The monoisotopic (exact) mass is 456 g/mol. The van der Waals surface area contributed by atoms with E-state index in [0.717, 1.165) is 6.08 Å². The fourth-order valence-corrected chi connectivity index (χ4v) is 4.01. The van der Waals surface area contributed by atoms with E-state index in [1.807, 2.05) is 0 Å². The van der Waals surface area contributed by atoms with Gasteiger partial charge in [0.1, 0.15) is 24.5 Å². The maximum absolute atomic E-state index is 13.3. The summed E-state index contributed by atoms with van der Waals surface area (Å²) in [6.07, 6.45) is -6.89. The van der Waals surface area contributed by atoms with Crippen molar-refractivity contribution in [1.82, 2.24) is 10.2 Å². The number of benzene rings is 1. The fraction of sp³-hybridized carbons (Fsp3) is 0.476. The van der Waals surface area contributed by atoms with Crippen LogP contribution in [0.2, 0.25) is 0 Å². The van der Waals surface area contributed by atoms with Crippen molar-refractivity contribution in [2.24, 2.45) is 0 Å². The van der Waals surface area contributed by atoms with Gasteiger partial charge in [0.05, 0.1) is 18.6 Å². The van der Waals surface area contributed by atoms with Crippen LogP contribution in [0.3, 0.4) is 0 Å². The fourth-order valence-electron chi connectivity index (χ4n) is 4.01. The predicted octanol–water partition coefficient (Wildman–Crippen LogP) is 0.679. The first-order valence-electron chi connectivity index (χ1n) is 10.0. The van der Waals surface area contributed by atoms with Crippen LogP contribution >= 0.6 is 0 Å². The maximum Gasteiger partial charge on any atom is 0.406 e. The Morgan fingerprint density at radius 1 is 1.22 bits per heavy atom. The van der Waals surface area contributed by atoms with E-state index in [1.54, 1.807) is 24.3 Å². The summed E-state index contributed by atoms with van der Waals surface area (Å²) in [4.78, 5) is 37.5. The number of rotatable bonds is 7. The number of aliphatic hydroxyl groups excluding tert-OH is 2. The van der Waals surface area contributed by atoms with E-state index in [1.165, 1.54) is 6.92 Å². The molecule has 3 rings (SSSR count). The molecule has 0 fully saturated rings. The van der Waals surface area contributed by atoms with Gasteiger partial charge in [-0.2, -0.15) is 13.2 Å². The molecule has 32 heavy (non-hydrogen) atoms. The molecule has 1 aromatic rings. The smallest absolute Gasteiger partial charge is 0.406 e. The highest BCUT2D eigenvalue weighted by atomic mass is 19.4. The molecule has 0 aromatic heterocycles. The molecule has 1 aromatic carbocycles. The summed E-state index contributed by atoms with van der Waals surface area (Å²) in [5.41, 5.74) is 0.534. The Morgan fingerprint density at radius 3 is 2.53 bits per heavy atom. The molecule has 0 saturated carbocycles. The average Bonchev–Trinajstić information content (AvgIpc) is 3.15. The molecule has 1 aliphatic heterocycles. The van der Waals surface area contributed by atoms with E-state index in [0.29, 0.717) is 11.3 Å². The Balaban J connectivity index is 2.09. The van der Waals surface area contributed by atoms with E-state index in [-0.39, 0.29) is 30.0 Å². The molecule has 3 N–H and O–H groups in total. The molecular formula is C21H23F3N2O6. The second kappa shape index (κ2) is 9.29. The number of halogens is 3. The molecule has 8 nitrogen and oxygen atoms in total. The van der Waals surface area contributed by atoms with E-state index in [2.05, 4.69) is 5.32 Å². The van der Waals surface area contributed by atoms with Gasteiger partial charge in [-0.05, 0) is 12.1 Å². The predicted molar refractivity (Wildman–Crippen MR) is 105 cm³/mol. The largest absolute Gasteiger partial charge is 0.486 e. The SMILES string of the molecule is CCC(=O)C(=O)N(CC(F)(F)F)[C@@H]1C=C(C(=O)NCCO)[C@@H]2c3ccccc3O[C@@H]2[C@H]1O. The van der Waals surface area contributed by atoms with Crippen LogP contribution < -0.4 is 10.1 Å². The number of nitrogens with zero attached hydrogens (tertiary/aromatic N) is 1. The van der Waals surface area contributed by atoms with Crippen LogP contribution in [0, 0.1) is 0 Å². The first-order chi connectivity index (χ1) is 15.1. The van der Waals surface area contributed by atoms with E-state index in [9.17, 15) is 32.7 Å². The van der Waals surface area contributed by atoms with Crippen molar-refractivity contribution in [2.75, 3.05) is 19.7 Å². The summed E-state index contributed by atoms with van der Waals surface area (Å²) in [6, 6.07) is 4.97. The van der Waals surface area contributed by atoms with Crippen LogP contribution in [0.25, 0.3) is 0 Å². The third kappa shape index (κ3) is 4.63. The second-order valence-corrected chi connectivity index (χ2v) is 7.51. The van der Waals surface area contributed by atoms with Gasteiger partial charge in [0, 0.05) is 24.1 Å². The summed E-state index contributed by atoms with van der Waals surface area (Å²) in [5, 5.41) is 22.4. The van der Waals surface area contributed by atoms with E-state index < -0.39 is 54.5 Å². The highest BCUT2D eigenvalue weighted by Crippen LogP contribution is 2.47. The zero-order chi connectivity index (χ0) is 23.6. The topological polar surface area (TPSA) is 116 Å². The van der Waals surface area contributed by atoms with Gasteiger partial charge in [0.2, 0.25) is 11.7 Å². The lowest BCUT2D eigenvalue weighted by Crippen LogP contribution is -2.58. The van der Waals surface area contributed by atoms with E-state index >= 15 is 0 Å². The molecule has 2 aliphatic rings. The number of ketones is 1. The summed E-state index contributed by atoms with van der Waals surface area (Å²) < 4.78 is 45.6. The van der Waals surface area contributed by atoms with Gasteiger partial charge < -0.3 is 25.2 Å². The molecule has 0 saturated heterocycles. The van der Waals surface area contributed by atoms with Crippen LogP contribution in [-0.4, -0.2) is 76.8 Å². The van der Waals surface area contributed by atoms with Gasteiger partial charge in [0.15, 0.2) is 0 Å². The minimum absolute atomic E-state index is 0.0207. The number of ether oxygens (including phenoxy) is 1.